The van der Waals surface area contributed by atoms with E-state index in [0.29, 0.717) is 0 Å². The van der Waals surface area contributed by atoms with Crippen LogP contribution in [0.15, 0.2) is 53.9 Å². The SMILES string of the molecule is CCCCN(CCCC)c1ccc(C=CC=Cc2cccs2)cc1. The fraction of sp³-hybridized carbons (Fsp3) is 0.364. The Morgan fingerprint density at radius 2 is 1.54 bits per heavy atom. The molecule has 0 aliphatic rings. The van der Waals surface area contributed by atoms with E-state index in [-0.39, 0.29) is 0 Å². The summed E-state index contributed by atoms with van der Waals surface area (Å²) in [7, 11) is 0. The van der Waals surface area contributed by atoms with E-state index in [1.165, 1.54) is 41.8 Å². The van der Waals surface area contributed by atoms with E-state index >= 15 is 0 Å². The van der Waals surface area contributed by atoms with Gasteiger partial charge in [-0.15, -0.1) is 11.3 Å². The maximum Gasteiger partial charge on any atom is 0.0366 e. The van der Waals surface area contributed by atoms with Crippen molar-refractivity contribution in [2.75, 3.05) is 18.0 Å². The molecule has 24 heavy (non-hydrogen) atoms. The summed E-state index contributed by atoms with van der Waals surface area (Å²) in [5.74, 6) is 0. The van der Waals surface area contributed by atoms with E-state index in [0.717, 1.165) is 13.1 Å². The highest BCUT2D eigenvalue weighted by atomic mass is 32.1. The van der Waals surface area contributed by atoms with Gasteiger partial charge in [-0.2, -0.15) is 0 Å². The molecule has 0 atom stereocenters. The Bertz CT molecular complexity index is 600. The average molecular weight is 340 g/mol. The van der Waals surface area contributed by atoms with Crippen LogP contribution in [-0.4, -0.2) is 13.1 Å². The lowest BCUT2D eigenvalue weighted by Crippen LogP contribution is -2.25. The van der Waals surface area contributed by atoms with Crippen LogP contribution in [0.1, 0.15) is 50.0 Å². The van der Waals surface area contributed by atoms with Crippen molar-refractivity contribution >= 4 is 29.2 Å². The molecule has 2 aromatic rings. The van der Waals surface area contributed by atoms with E-state index in [9.17, 15) is 0 Å². The molecule has 2 heteroatoms. The van der Waals surface area contributed by atoms with Gasteiger partial charge in [0.1, 0.15) is 0 Å². The van der Waals surface area contributed by atoms with Crippen LogP contribution >= 0.6 is 11.3 Å². The van der Waals surface area contributed by atoms with Crippen LogP contribution in [-0.2, 0) is 0 Å². The molecule has 0 bridgehead atoms. The molecule has 128 valence electrons. The second-order valence-electron chi connectivity index (χ2n) is 6.02. The minimum absolute atomic E-state index is 1.16. The minimum Gasteiger partial charge on any atom is -0.372 e. The van der Waals surface area contributed by atoms with E-state index in [2.05, 4.69) is 84.8 Å². The van der Waals surface area contributed by atoms with Gasteiger partial charge < -0.3 is 4.90 Å². The summed E-state index contributed by atoms with van der Waals surface area (Å²) in [5.41, 5.74) is 2.60. The molecule has 0 spiro atoms. The Hall–Kier alpha value is -1.80. The lowest BCUT2D eigenvalue weighted by Gasteiger charge is -2.24. The van der Waals surface area contributed by atoms with Gasteiger partial charge in [-0.25, -0.2) is 0 Å². The number of hydrogen-bond acceptors (Lipinski definition) is 2. The monoisotopic (exact) mass is 339 g/mol. The normalized spacial score (nSPS) is 11.6. The van der Waals surface area contributed by atoms with Gasteiger partial charge in [-0.1, -0.05) is 63.1 Å². The summed E-state index contributed by atoms with van der Waals surface area (Å²) in [6.07, 6.45) is 13.6. The van der Waals surface area contributed by atoms with Crippen molar-refractivity contribution in [3.8, 4) is 0 Å². The first-order chi connectivity index (χ1) is 11.8. The molecule has 0 unspecified atom stereocenters. The third-order valence-electron chi connectivity index (χ3n) is 4.02. The molecule has 0 saturated carbocycles. The summed E-state index contributed by atoms with van der Waals surface area (Å²) in [6.45, 7) is 6.84. The molecule has 2 rings (SSSR count). The highest BCUT2D eigenvalue weighted by Crippen LogP contribution is 2.18. The molecule has 0 amide bonds. The second kappa shape index (κ2) is 10.9. The standard InChI is InChI=1S/C22H29NS/c1-3-5-17-23(18-6-4-2)21-15-13-20(14-16-21)10-7-8-11-22-12-9-19-24-22/h7-16,19H,3-6,17-18H2,1-2H3. The average Bonchev–Trinajstić information content (AvgIpc) is 3.13. The molecule has 1 nitrogen and oxygen atoms in total. The maximum atomic E-state index is 2.52. The Morgan fingerprint density at radius 1 is 0.875 bits per heavy atom. The third-order valence-corrected chi connectivity index (χ3v) is 4.86. The fourth-order valence-corrected chi connectivity index (χ4v) is 3.20. The predicted octanol–water partition coefficient (Wildman–Crippen LogP) is 6.88. The smallest absolute Gasteiger partial charge is 0.0366 e. The number of nitrogens with zero attached hydrogens (tertiary/aromatic N) is 1. The number of thiophene rings is 1. The predicted molar refractivity (Wildman–Crippen MR) is 111 cm³/mol. The van der Waals surface area contributed by atoms with Gasteiger partial charge in [-0.05, 0) is 48.1 Å². The van der Waals surface area contributed by atoms with Crippen molar-refractivity contribution in [1.82, 2.24) is 0 Å². The zero-order chi connectivity index (χ0) is 17.0. The van der Waals surface area contributed by atoms with Crippen molar-refractivity contribution in [3.63, 3.8) is 0 Å². The van der Waals surface area contributed by atoms with E-state index in [1.54, 1.807) is 11.3 Å². The third kappa shape index (κ3) is 6.37. The van der Waals surface area contributed by atoms with Crippen molar-refractivity contribution in [1.29, 1.82) is 0 Å². The van der Waals surface area contributed by atoms with E-state index < -0.39 is 0 Å². The second-order valence-corrected chi connectivity index (χ2v) is 7.00. The number of rotatable bonds is 10. The van der Waals surface area contributed by atoms with Crippen LogP contribution in [0.4, 0.5) is 5.69 Å². The van der Waals surface area contributed by atoms with Gasteiger partial charge >= 0.3 is 0 Å². The zero-order valence-electron chi connectivity index (χ0n) is 14.9. The van der Waals surface area contributed by atoms with Gasteiger partial charge in [0.2, 0.25) is 0 Å². The number of allylic oxidation sites excluding steroid dienone is 2. The molecule has 0 aliphatic carbocycles. The summed E-state index contributed by atoms with van der Waals surface area (Å²) < 4.78 is 0. The first-order valence-electron chi connectivity index (χ1n) is 9.06. The number of hydrogen-bond donors (Lipinski definition) is 0. The Morgan fingerprint density at radius 3 is 2.12 bits per heavy atom. The van der Waals surface area contributed by atoms with Crippen LogP contribution in [0.2, 0.25) is 0 Å². The summed E-state index contributed by atoms with van der Waals surface area (Å²) in [6, 6.07) is 13.2. The van der Waals surface area contributed by atoms with Crippen LogP contribution < -0.4 is 4.90 Å². The Labute approximate surface area is 151 Å². The molecule has 1 aromatic heterocycles. The van der Waals surface area contributed by atoms with E-state index in [4.69, 9.17) is 0 Å². The van der Waals surface area contributed by atoms with Crippen LogP contribution in [0.3, 0.4) is 0 Å². The number of benzene rings is 1. The molecule has 0 N–H and O–H groups in total. The molecular formula is C22H29NS. The summed E-state index contributed by atoms with van der Waals surface area (Å²) in [5, 5.41) is 2.10. The molecule has 0 fully saturated rings. The quantitative estimate of drug-likeness (QED) is 0.426. The van der Waals surface area contributed by atoms with Gasteiger partial charge in [0.05, 0.1) is 0 Å². The molecular weight excluding hydrogens is 310 g/mol. The minimum atomic E-state index is 1.16. The van der Waals surface area contributed by atoms with Gasteiger partial charge in [-0.3, -0.25) is 0 Å². The van der Waals surface area contributed by atoms with Crippen molar-refractivity contribution < 1.29 is 0 Å². The molecule has 1 heterocycles. The topological polar surface area (TPSA) is 3.24 Å². The number of anilines is 1. The molecule has 0 aliphatic heterocycles. The highest BCUT2D eigenvalue weighted by Gasteiger charge is 2.04. The summed E-state index contributed by atoms with van der Waals surface area (Å²) >= 11 is 1.76. The zero-order valence-corrected chi connectivity index (χ0v) is 15.8. The first kappa shape index (κ1) is 18.5. The molecule has 1 aromatic carbocycles. The van der Waals surface area contributed by atoms with Gasteiger partial charge in [0.25, 0.3) is 0 Å². The Kier molecular flexibility index (Phi) is 8.40. The number of unbranched alkanes of at least 4 members (excludes halogenated alkanes) is 2. The van der Waals surface area contributed by atoms with E-state index in [1.807, 2.05) is 0 Å². The fourth-order valence-electron chi connectivity index (χ4n) is 2.57. The highest BCUT2D eigenvalue weighted by molar-refractivity contribution is 7.10. The summed E-state index contributed by atoms with van der Waals surface area (Å²) in [4.78, 5) is 3.81. The van der Waals surface area contributed by atoms with Gasteiger partial charge in [0, 0.05) is 23.7 Å². The van der Waals surface area contributed by atoms with Crippen LogP contribution in [0.5, 0.6) is 0 Å². The lowest BCUT2D eigenvalue weighted by atomic mass is 10.1. The van der Waals surface area contributed by atoms with Gasteiger partial charge in [0.15, 0.2) is 0 Å². The molecule has 0 saturated heterocycles. The van der Waals surface area contributed by atoms with Crippen molar-refractivity contribution in [2.45, 2.75) is 39.5 Å². The molecule has 0 radical (unpaired) electrons. The van der Waals surface area contributed by atoms with Crippen LogP contribution in [0, 0.1) is 0 Å². The van der Waals surface area contributed by atoms with Crippen LogP contribution in [0.25, 0.3) is 12.2 Å². The Balaban J connectivity index is 1.94. The maximum absolute atomic E-state index is 2.52. The first-order valence-corrected chi connectivity index (χ1v) is 9.94. The largest absolute Gasteiger partial charge is 0.372 e. The van der Waals surface area contributed by atoms with Crippen molar-refractivity contribution in [3.05, 3.63) is 64.4 Å². The van der Waals surface area contributed by atoms with Crippen molar-refractivity contribution in [2.24, 2.45) is 0 Å². The lowest BCUT2D eigenvalue weighted by molar-refractivity contribution is 0.678.